The van der Waals surface area contributed by atoms with Crippen molar-refractivity contribution in [1.82, 2.24) is 9.97 Å². The summed E-state index contributed by atoms with van der Waals surface area (Å²) in [7, 11) is 0. The van der Waals surface area contributed by atoms with Gasteiger partial charge in [-0.15, -0.1) is 0 Å². The van der Waals surface area contributed by atoms with Gasteiger partial charge in [0.25, 0.3) is 0 Å². The van der Waals surface area contributed by atoms with Crippen LogP contribution in [0.5, 0.6) is 0 Å². The highest BCUT2D eigenvalue weighted by molar-refractivity contribution is 5.62. The number of nitrogens with zero attached hydrogens (tertiary/aromatic N) is 2. The predicted molar refractivity (Wildman–Crippen MR) is 68.8 cm³/mol. The summed E-state index contributed by atoms with van der Waals surface area (Å²) in [5.74, 6) is -0.392. The monoisotopic (exact) mass is 261 g/mol. The number of aromatic nitrogens is 2. The topological polar surface area (TPSA) is 37.8 Å². The van der Waals surface area contributed by atoms with Crippen LogP contribution in [0.15, 0.2) is 24.3 Å². The lowest BCUT2D eigenvalue weighted by molar-refractivity contribution is 0.509. The van der Waals surface area contributed by atoms with Crippen molar-refractivity contribution in [2.24, 2.45) is 0 Å². The van der Waals surface area contributed by atoms with Crippen molar-refractivity contribution < 1.29 is 8.78 Å². The van der Waals surface area contributed by atoms with Crippen LogP contribution in [0.4, 0.5) is 14.6 Å². The molecule has 1 aromatic heterocycles. The van der Waals surface area contributed by atoms with Crippen molar-refractivity contribution in [3.05, 3.63) is 41.7 Å². The van der Waals surface area contributed by atoms with Gasteiger partial charge in [-0.1, -0.05) is 0 Å². The molecule has 1 heterocycles. The van der Waals surface area contributed by atoms with Gasteiger partial charge in [0.15, 0.2) is 11.6 Å². The van der Waals surface area contributed by atoms with E-state index in [0.717, 1.165) is 30.8 Å². The lowest BCUT2D eigenvalue weighted by Crippen LogP contribution is -2.05. The first-order chi connectivity index (χ1) is 9.11. The van der Waals surface area contributed by atoms with Gasteiger partial charge >= 0.3 is 0 Å². The van der Waals surface area contributed by atoms with Gasteiger partial charge in [-0.3, -0.25) is 0 Å². The van der Waals surface area contributed by atoms with Crippen molar-refractivity contribution in [1.29, 1.82) is 0 Å². The maximum absolute atomic E-state index is 13.3. The molecule has 0 amide bonds. The number of hydrogen-bond acceptors (Lipinski definition) is 3. The Morgan fingerprint density at radius 2 is 1.89 bits per heavy atom. The number of anilines is 1. The molecule has 1 N–H and O–H groups in total. The summed E-state index contributed by atoms with van der Waals surface area (Å²) in [6.07, 6.45) is 2.28. The molecule has 1 aliphatic rings. The van der Waals surface area contributed by atoms with E-state index in [2.05, 4.69) is 15.3 Å². The Bertz CT molecular complexity index is 624. The van der Waals surface area contributed by atoms with E-state index in [9.17, 15) is 8.78 Å². The van der Waals surface area contributed by atoms with Gasteiger partial charge < -0.3 is 5.32 Å². The van der Waals surface area contributed by atoms with Crippen LogP contribution in [-0.4, -0.2) is 16.0 Å². The molecule has 5 heteroatoms. The highest BCUT2D eigenvalue weighted by Crippen LogP contribution is 2.26. The third-order valence-corrected chi connectivity index (χ3v) is 2.98. The third-order valence-electron chi connectivity index (χ3n) is 2.98. The number of rotatable bonds is 3. The number of hydrogen-bond donors (Lipinski definition) is 1. The first kappa shape index (κ1) is 12.0. The zero-order chi connectivity index (χ0) is 13.4. The van der Waals surface area contributed by atoms with Gasteiger partial charge in [0.2, 0.25) is 0 Å². The molecule has 0 unspecified atom stereocenters. The van der Waals surface area contributed by atoms with Gasteiger partial charge in [-0.25, -0.2) is 18.7 Å². The second kappa shape index (κ2) is 4.57. The first-order valence-electron chi connectivity index (χ1n) is 6.19. The van der Waals surface area contributed by atoms with E-state index in [4.69, 9.17) is 0 Å². The molecule has 3 nitrogen and oxygen atoms in total. The normalized spacial score (nSPS) is 14.5. The summed E-state index contributed by atoms with van der Waals surface area (Å²) in [4.78, 5) is 8.55. The second-order valence-corrected chi connectivity index (χ2v) is 4.73. The summed E-state index contributed by atoms with van der Waals surface area (Å²) in [6, 6.07) is 6.01. The summed E-state index contributed by atoms with van der Waals surface area (Å²) in [5.41, 5.74) is 1.14. The molecule has 0 aliphatic heterocycles. The summed E-state index contributed by atoms with van der Waals surface area (Å²) < 4.78 is 26.2. The minimum absolute atomic E-state index is 0.479. The van der Waals surface area contributed by atoms with Crippen molar-refractivity contribution in [3.63, 3.8) is 0 Å². The van der Waals surface area contributed by atoms with Crippen LogP contribution >= 0.6 is 0 Å². The van der Waals surface area contributed by atoms with Crippen LogP contribution < -0.4 is 5.32 Å². The standard InChI is InChI=1S/C14H13F2N3/c1-8-17-13(7-14(18-8)19-10-3-4-10)9-2-5-11(15)12(16)6-9/h2,5-7,10H,3-4H2,1H3,(H,17,18,19). The van der Waals surface area contributed by atoms with Gasteiger partial charge in [0.1, 0.15) is 11.6 Å². The van der Waals surface area contributed by atoms with Crippen molar-refractivity contribution >= 4 is 5.82 Å². The van der Waals surface area contributed by atoms with E-state index in [0.29, 0.717) is 23.1 Å². The quantitative estimate of drug-likeness (QED) is 0.921. The molecular weight excluding hydrogens is 248 g/mol. The molecule has 1 aromatic carbocycles. The Hall–Kier alpha value is -2.04. The van der Waals surface area contributed by atoms with E-state index in [-0.39, 0.29) is 0 Å². The molecule has 3 rings (SSSR count). The Labute approximate surface area is 109 Å². The smallest absolute Gasteiger partial charge is 0.159 e. The molecule has 0 radical (unpaired) electrons. The first-order valence-corrected chi connectivity index (χ1v) is 6.19. The number of halogens is 2. The molecular formula is C14H13F2N3. The molecule has 19 heavy (non-hydrogen) atoms. The molecule has 98 valence electrons. The van der Waals surface area contributed by atoms with Crippen molar-refractivity contribution in [2.45, 2.75) is 25.8 Å². The zero-order valence-corrected chi connectivity index (χ0v) is 10.5. The van der Waals surface area contributed by atoms with Gasteiger partial charge in [0.05, 0.1) is 5.69 Å². The second-order valence-electron chi connectivity index (χ2n) is 4.73. The Morgan fingerprint density at radius 1 is 1.11 bits per heavy atom. The van der Waals surface area contributed by atoms with Crippen LogP contribution in [0.3, 0.4) is 0 Å². The SMILES string of the molecule is Cc1nc(NC2CC2)cc(-c2ccc(F)c(F)c2)n1. The molecule has 1 aliphatic carbocycles. The molecule has 1 fully saturated rings. The Balaban J connectivity index is 1.98. The highest BCUT2D eigenvalue weighted by atomic mass is 19.2. The average Bonchev–Trinajstić information content (AvgIpc) is 3.16. The maximum atomic E-state index is 13.3. The Kier molecular flexibility index (Phi) is 2.89. The van der Waals surface area contributed by atoms with E-state index in [1.807, 2.05) is 0 Å². The van der Waals surface area contributed by atoms with Gasteiger partial charge in [0, 0.05) is 17.7 Å². The van der Waals surface area contributed by atoms with Crippen molar-refractivity contribution in [3.8, 4) is 11.3 Å². The van der Waals surface area contributed by atoms with Crippen LogP contribution in [0.25, 0.3) is 11.3 Å². The lowest BCUT2D eigenvalue weighted by Gasteiger charge is -2.08. The largest absolute Gasteiger partial charge is 0.367 e. The minimum Gasteiger partial charge on any atom is -0.367 e. The molecule has 1 saturated carbocycles. The zero-order valence-electron chi connectivity index (χ0n) is 10.5. The lowest BCUT2D eigenvalue weighted by atomic mass is 10.1. The summed E-state index contributed by atoms with van der Waals surface area (Å²) in [6.45, 7) is 1.78. The summed E-state index contributed by atoms with van der Waals surface area (Å²) in [5, 5.41) is 3.27. The number of benzene rings is 1. The number of aryl methyl sites for hydroxylation is 1. The van der Waals surface area contributed by atoms with Crippen LogP contribution in [0, 0.1) is 18.6 Å². The summed E-state index contributed by atoms with van der Waals surface area (Å²) >= 11 is 0. The Morgan fingerprint density at radius 3 is 2.58 bits per heavy atom. The fourth-order valence-corrected chi connectivity index (χ4v) is 1.88. The molecule has 0 saturated heterocycles. The number of nitrogens with one attached hydrogen (secondary N) is 1. The third kappa shape index (κ3) is 2.70. The van der Waals surface area contributed by atoms with E-state index >= 15 is 0 Å². The molecule has 0 atom stereocenters. The fraction of sp³-hybridized carbons (Fsp3) is 0.286. The molecule has 0 spiro atoms. The van der Waals surface area contributed by atoms with E-state index < -0.39 is 11.6 Å². The van der Waals surface area contributed by atoms with E-state index in [1.54, 1.807) is 13.0 Å². The minimum atomic E-state index is -0.870. The fourth-order valence-electron chi connectivity index (χ4n) is 1.88. The van der Waals surface area contributed by atoms with Crippen molar-refractivity contribution in [2.75, 3.05) is 5.32 Å². The van der Waals surface area contributed by atoms with Crippen LogP contribution in [-0.2, 0) is 0 Å². The van der Waals surface area contributed by atoms with E-state index in [1.165, 1.54) is 6.07 Å². The van der Waals surface area contributed by atoms with Gasteiger partial charge in [-0.05, 0) is 38.0 Å². The van der Waals surface area contributed by atoms with Crippen LogP contribution in [0.1, 0.15) is 18.7 Å². The highest BCUT2D eigenvalue weighted by Gasteiger charge is 2.21. The molecule has 0 bridgehead atoms. The van der Waals surface area contributed by atoms with Gasteiger partial charge in [-0.2, -0.15) is 0 Å². The molecule has 2 aromatic rings. The van der Waals surface area contributed by atoms with Crippen LogP contribution in [0.2, 0.25) is 0 Å². The maximum Gasteiger partial charge on any atom is 0.159 e. The average molecular weight is 261 g/mol. The predicted octanol–water partition coefficient (Wildman–Crippen LogP) is 3.30.